The van der Waals surface area contributed by atoms with E-state index in [4.69, 9.17) is 0 Å². The van der Waals surface area contributed by atoms with Gasteiger partial charge in [0.25, 0.3) is 0 Å². The molecule has 1 aliphatic rings. The van der Waals surface area contributed by atoms with Crippen molar-refractivity contribution in [1.82, 2.24) is 19.9 Å². The predicted octanol–water partition coefficient (Wildman–Crippen LogP) is 4.51. The minimum absolute atomic E-state index is 0.408. The molecule has 0 bridgehead atoms. The minimum atomic E-state index is 0.408. The van der Waals surface area contributed by atoms with Gasteiger partial charge in [-0.25, -0.2) is 4.98 Å². The molecule has 0 saturated carbocycles. The van der Waals surface area contributed by atoms with Crippen LogP contribution in [-0.2, 0) is 6.54 Å². The molecule has 0 unspecified atom stereocenters. The molecule has 0 radical (unpaired) electrons. The van der Waals surface area contributed by atoms with Crippen molar-refractivity contribution in [3.05, 3.63) is 72.3 Å². The van der Waals surface area contributed by atoms with Crippen molar-refractivity contribution in [3.8, 4) is 17.2 Å². The Bertz CT molecular complexity index is 1180. The molecule has 150 valence electrons. The second kappa shape index (κ2) is 8.05. The maximum absolute atomic E-state index is 9.34. The molecule has 4 heterocycles. The lowest BCUT2D eigenvalue weighted by Gasteiger charge is -2.33. The van der Waals surface area contributed by atoms with Crippen molar-refractivity contribution >= 4 is 16.7 Å². The quantitative estimate of drug-likeness (QED) is 0.464. The Labute approximate surface area is 175 Å². The molecule has 1 aliphatic heterocycles. The van der Waals surface area contributed by atoms with E-state index in [1.54, 1.807) is 0 Å². The Morgan fingerprint density at radius 2 is 2.00 bits per heavy atom. The summed E-state index contributed by atoms with van der Waals surface area (Å²) in [6.45, 7) is 2.86. The van der Waals surface area contributed by atoms with Crippen molar-refractivity contribution in [3.63, 3.8) is 0 Å². The molecular formula is C24H24N6. The molecule has 0 aliphatic carbocycles. The second-order valence-corrected chi connectivity index (χ2v) is 7.85. The number of hydrogen-bond acceptors (Lipinski definition) is 4. The predicted molar refractivity (Wildman–Crippen MR) is 119 cm³/mol. The van der Waals surface area contributed by atoms with Crippen LogP contribution >= 0.6 is 0 Å². The molecule has 0 atom stereocenters. The average Bonchev–Trinajstić information content (AvgIpc) is 3.48. The van der Waals surface area contributed by atoms with Gasteiger partial charge in [-0.15, -0.1) is 0 Å². The number of pyridine rings is 1. The topological polar surface area (TPSA) is 83.5 Å². The standard InChI is InChI=1S/C24H24N6/c25-13-17-3-1-2-4-19(17)16-30-11-7-20(8-12-30)29-23-21-6-10-27-24(21)28-15-22(23)18-5-9-26-14-18/h1-6,9-10,14-15,20,26H,7-8,11-12,16H2,(H2,27,28,29). The number of nitriles is 1. The molecule has 0 spiro atoms. The van der Waals surface area contributed by atoms with E-state index in [0.29, 0.717) is 6.04 Å². The number of fused-ring (bicyclic) bond motifs is 1. The number of rotatable bonds is 5. The van der Waals surface area contributed by atoms with E-state index in [9.17, 15) is 5.26 Å². The van der Waals surface area contributed by atoms with Gasteiger partial charge in [0.2, 0.25) is 0 Å². The van der Waals surface area contributed by atoms with Gasteiger partial charge in [0.15, 0.2) is 0 Å². The lowest BCUT2D eigenvalue weighted by molar-refractivity contribution is 0.211. The number of anilines is 1. The third-order valence-corrected chi connectivity index (χ3v) is 5.96. The highest BCUT2D eigenvalue weighted by molar-refractivity contribution is 5.98. The molecule has 4 aromatic rings. The van der Waals surface area contributed by atoms with E-state index in [0.717, 1.165) is 71.5 Å². The molecule has 5 rings (SSSR count). The number of aromatic amines is 2. The van der Waals surface area contributed by atoms with Crippen LogP contribution in [0.4, 0.5) is 5.69 Å². The Hall–Kier alpha value is -3.56. The van der Waals surface area contributed by atoms with Crippen molar-refractivity contribution in [2.75, 3.05) is 18.4 Å². The Morgan fingerprint density at radius 3 is 2.80 bits per heavy atom. The van der Waals surface area contributed by atoms with Gasteiger partial charge in [-0.2, -0.15) is 5.26 Å². The fourth-order valence-electron chi connectivity index (χ4n) is 4.32. The van der Waals surface area contributed by atoms with Gasteiger partial charge in [-0.3, -0.25) is 4.90 Å². The third kappa shape index (κ3) is 3.56. The zero-order valence-electron chi connectivity index (χ0n) is 16.7. The lowest BCUT2D eigenvalue weighted by atomic mass is 10.0. The molecule has 1 saturated heterocycles. The molecular weight excluding hydrogens is 372 g/mol. The third-order valence-electron chi connectivity index (χ3n) is 5.96. The van der Waals surface area contributed by atoms with Crippen molar-refractivity contribution in [2.45, 2.75) is 25.4 Å². The Balaban J connectivity index is 1.31. The fourth-order valence-corrected chi connectivity index (χ4v) is 4.32. The second-order valence-electron chi connectivity index (χ2n) is 7.85. The summed E-state index contributed by atoms with van der Waals surface area (Å²) in [5, 5.41) is 14.3. The zero-order chi connectivity index (χ0) is 20.3. The summed E-state index contributed by atoms with van der Waals surface area (Å²) in [5.74, 6) is 0. The number of H-pyrrole nitrogens is 2. The number of benzene rings is 1. The maximum Gasteiger partial charge on any atom is 0.139 e. The van der Waals surface area contributed by atoms with Crippen LogP contribution < -0.4 is 5.32 Å². The summed E-state index contributed by atoms with van der Waals surface area (Å²) < 4.78 is 0. The van der Waals surface area contributed by atoms with Gasteiger partial charge in [-0.05, 0) is 36.6 Å². The normalized spacial score (nSPS) is 15.3. The summed E-state index contributed by atoms with van der Waals surface area (Å²) in [6, 6.07) is 14.8. The van der Waals surface area contributed by atoms with E-state index < -0.39 is 0 Å². The number of nitrogens with zero attached hydrogens (tertiary/aromatic N) is 3. The van der Waals surface area contributed by atoms with E-state index in [2.05, 4.69) is 49.4 Å². The van der Waals surface area contributed by atoms with E-state index in [-0.39, 0.29) is 0 Å². The van der Waals surface area contributed by atoms with E-state index in [1.165, 1.54) is 0 Å². The van der Waals surface area contributed by atoms with Crippen molar-refractivity contribution < 1.29 is 0 Å². The first-order valence-electron chi connectivity index (χ1n) is 10.4. The molecule has 1 fully saturated rings. The van der Waals surface area contributed by atoms with Crippen LogP contribution in [0.5, 0.6) is 0 Å². The monoisotopic (exact) mass is 396 g/mol. The van der Waals surface area contributed by atoms with Gasteiger partial charge in [0, 0.05) is 67.0 Å². The summed E-state index contributed by atoms with van der Waals surface area (Å²) in [7, 11) is 0. The van der Waals surface area contributed by atoms with Crippen molar-refractivity contribution in [2.24, 2.45) is 0 Å². The van der Waals surface area contributed by atoms with Crippen LogP contribution in [0, 0.1) is 11.3 Å². The van der Waals surface area contributed by atoms with Gasteiger partial charge in [0.1, 0.15) is 5.65 Å². The van der Waals surface area contributed by atoms with Crippen LogP contribution in [0.3, 0.4) is 0 Å². The SMILES string of the molecule is N#Cc1ccccc1CN1CCC(Nc2c(-c3cc[nH]c3)cnc3[nH]ccc23)CC1. The number of piperidine rings is 1. The van der Waals surface area contributed by atoms with Crippen LogP contribution in [0.1, 0.15) is 24.0 Å². The van der Waals surface area contributed by atoms with Gasteiger partial charge >= 0.3 is 0 Å². The summed E-state index contributed by atoms with van der Waals surface area (Å²) in [6.07, 6.45) is 9.97. The smallest absolute Gasteiger partial charge is 0.139 e. The van der Waals surface area contributed by atoms with E-state index in [1.807, 2.05) is 43.0 Å². The summed E-state index contributed by atoms with van der Waals surface area (Å²) in [5.41, 5.74) is 6.20. The first-order valence-corrected chi connectivity index (χ1v) is 10.4. The van der Waals surface area contributed by atoms with Gasteiger partial charge < -0.3 is 15.3 Å². The average molecular weight is 396 g/mol. The highest BCUT2D eigenvalue weighted by Crippen LogP contribution is 2.34. The first-order chi connectivity index (χ1) is 14.8. The number of hydrogen-bond donors (Lipinski definition) is 3. The van der Waals surface area contributed by atoms with Crippen LogP contribution in [-0.4, -0.2) is 39.0 Å². The highest BCUT2D eigenvalue weighted by Gasteiger charge is 2.22. The number of aromatic nitrogens is 3. The van der Waals surface area contributed by atoms with Crippen LogP contribution in [0.25, 0.3) is 22.2 Å². The first kappa shape index (κ1) is 18.5. The maximum atomic E-state index is 9.34. The highest BCUT2D eigenvalue weighted by atomic mass is 15.1. The Kier molecular flexibility index (Phi) is 4.96. The molecule has 0 amide bonds. The molecule has 6 nitrogen and oxygen atoms in total. The zero-order valence-corrected chi connectivity index (χ0v) is 16.7. The summed E-state index contributed by atoms with van der Waals surface area (Å²) in [4.78, 5) is 13.4. The van der Waals surface area contributed by atoms with Gasteiger partial charge in [-0.1, -0.05) is 18.2 Å². The molecule has 6 heteroatoms. The van der Waals surface area contributed by atoms with Crippen molar-refractivity contribution in [1.29, 1.82) is 5.26 Å². The van der Waals surface area contributed by atoms with Gasteiger partial charge in [0.05, 0.1) is 17.3 Å². The van der Waals surface area contributed by atoms with E-state index >= 15 is 0 Å². The molecule has 3 N–H and O–H groups in total. The fraction of sp³-hybridized carbons (Fsp3) is 0.250. The minimum Gasteiger partial charge on any atom is -0.381 e. The lowest BCUT2D eigenvalue weighted by Crippen LogP contribution is -2.38. The largest absolute Gasteiger partial charge is 0.381 e. The Morgan fingerprint density at radius 1 is 1.13 bits per heavy atom. The molecule has 3 aromatic heterocycles. The number of likely N-dealkylation sites (tertiary alicyclic amines) is 1. The molecule has 1 aromatic carbocycles. The van der Waals surface area contributed by atoms with Crippen LogP contribution in [0.15, 0.2) is 61.2 Å². The van der Waals surface area contributed by atoms with Crippen LogP contribution in [0.2, 0.25) is 0 Å². The summed E-state index contributed by atoms with van der Waals surface area (Å²) >= 11 is 0. The molecule has 30 heavy (non-hydrogen) atoms. The number of nitrogens with one attached hydrogen (secondary N) is 3.